The summed E-state index contributed by atoms with van der Waals surface area (Å²) in [6.45, 7) is 1.36. The van der Waals surface area contributed by atoms with Gasteiger partial charge in [0.1, 0.15) is 30.2 Å². The number of aryl methyl sites for hydroxylation is 1. The number of ether oxygens (including phenoxy) is 2. The molecule has 5 atom stereocenters. The van der Waals surface area contributed by atoms with Gasteiger partial charge in [0, 0.05) is 0 Å². The van der Waals surface area contributed by atoms with Crippen molar-refractivity contribution in [1.29, 1.82) is 0 Å². The largest absolute Gasteiger partial charge is 0.462 e. The van der Waals surface area contributed by atoms with Gasteiger partial charge in [-0.15, -0.1) is 0 Å². The first-order valence-electron chi connectivity index (χ1n) is 6.07. The Kier molecular flexibility index (Phi) is 4.38. The number of rotatable bonds is 3. The van der Waals surface area contributed by atoms with Crippen molar-refractivity contribution in [1.82, 2.24) is 0 Å². The molecule has 0 aliphatic carbocycles. The van der Waals surface area contributed by atoms with Gasteiger partial charge in [0.05, 0.1) is 6.61 Å². The van der Waals surface area contributed by atoms with E-state index in [1.807, 2.05) is 19.1 Å². The summed E-state index contributed by atoms with van der Waals surface area (Å²) in [5.41, 5.74) is 0.847. The normalized spacial score (nSPS) is 35.1. The Hall–Kier alpha value is -1.18. The van der Waals surface area contributed by atoms with Crippen molar-refractivity contribution in [3.05, 3.63) is 29.8 Å². The zero-order chi connectivity index (χ0) is 14.0. The van der Waals surface area contributed by atoms with Crippen LogP contribution in [-0.4, -0.2) is 57.7 Å². The highest BCUT2D eigenvalue weighted by Crippen LogP contribution is 2.25. The molecule has 1 aliphatic heterocycles. The minimum absolute atomic E-state index is 0.474. The molecular formula is C13H18O6. The van der Waals surface area contributed by atoms with Crippen LogP contribution in [0.25, 0.3) is 0 Å². The second-order valence-corrected chi connectivity index (χ2v) is 4.58. The average Bonchev–Trinajstić information content (AvgIpc) is 2.41. The van der Waals surface area contributed by atoms with Crippen LogP contribution in [0.3, 0.4) is 0 Å². The standard InChI is InChI=1S/C13H18O6/c1-7-4-2-3-5-8(7)18-13-12(17)11(16)10(15)9(6-14)19-13/h2-5,9-17H,6H2,1H3/t9?,10-,11?,12-,13?/m1/s1. The zero-order valence-corrected chi connectivity index (χ0v) is 10.5. The first-order valence-corrected chi connectivity index (χ1v) is 6.07. The maximum atomic E-state index is 9.83. The summed E-state index contributed by atoms with van der Waals surface area (Å²) < 4.78 is 10.8. The van der Waals surface area contributed by atoms with E-state index in [2.05, 4.69) is 0 Å². The van der Waals surface area contributed by atoms with Crippen molar-refractivity contribution in [2.45, 2.75) is 37.6 Å². The number of aliphatic hydroxyl groups excluding tert-OH is 4. The first-order chi connectivity index (χ1) is 9.04. The van der Waals surface area contributed by atoms with Gasteiger partial charge in [-0.1, -0.05) is 18.2 Å². The molecule has 1 saturated heterocycles. The summed E-state index contributed by atoms with van der Waals surface area (Å²) in [5.74, 6) is 0.506. The Morgan fingerprint density at radius 3 is 2.42 bits per heavy atom. The fourth-order valence-corrected chi connectivity index (χ4v) is 1.98. The van der Waals surface area contributed by atoms with Crippen LogP contribution in [0.1, 0.15) is 5.56 Å². The van der Waals surface area contributed by atoms with Crippen LogP contribution in [0.2, 0.25) is 0 Å². The number of para-hydroxylation sites is 1. The van der Waals surface area contributed by atoms with Gasteiger partial charge in [0.2, 0.25) is 6.29 Å². The fourth-order valence-electron chi connectivity index (χ4n) is 1.98. The molecular weight excluding hydrogens is 252 g/mol. The van der Waals surface area contributed by atoms with Gasteiger partial charge in [-0.3, -0.25) is 0 Å². The van der Waals surface area contributed by atoms with E-state index in [1.54, 1.807) is 12.1 Å². The molecule has 0 spiro atoms. The smallest absolute Gasteiger partial charge is 0.229 e. The Morgan fingerprint density at radius 2 is 1.79 bits per heavy atom. The third kappa shape index (κ3) is 2.88. The van der Waals surface area contributed by atoms with Crippen molar-refractivity contribution < 1.29 is 29.9 Å². The highest BCUT2D eigenvalue weighted by molar-refractivity contribution is 5.31. The Morgan fingerprint density at radius 1 is 1.11 bits per heavy atom. The molecule has 6 heteroatoms. The molecule has 19 heavy (non-hydrogen) atoms. The average molecular weight is 270 g/mol. The molecule has 4 N–H and O–H groups in total. The number of benzene rings is 1. The van der Waals surface area contributed by atoms with Crippen LogP contribution in [0, 0.1) is 6.92 Å². The lowest BCUT2D eigenvalue weighted by molar-refractivity contribution is -0.277. The molecule has 0 bridgehead atoms. The molecule has 6 nitrogen and oxygen atoms in total. The monoisotopic (exact) mass is 270 g/mol. The molecule has 1 heterocycles. The third-order valence-electron chi connectivity index (χ3n) is 3.19. The van der Waals surface area contributed by atoms with Crippen molar-refractivity contribution in [2.75, 3.05) is 6.61 Å². The summed E-state index contributed by atoms with van der Waals surface area (Å²) in [6.07, 6.45) is -6.31. The molecule has 0 radical (unpaired) electrons. The molecule has 1 aromatic rings. The molecule has 1 aliphatic rings. The minimum atomic E-state index is -1.43. The third-order valence-corrected chi connectivity index (χ3v) is 3.19. The Bertz CT molecular complexity index is 421. The lowest BCUT2D eigenvalue weighted by Crippen LogP contribution is -2.60. The van der Waals surface area contributed by atoms with Crippen molar-refractivity contribution in [3.63, 3.8) is 0 Å². The molecule has 1 fully saturated rings. The van der Waals surface area contributed by atoms with E-state index in [0.717, 1.165) is 5.56 Å². The highest BCUT2D eigenvalue weighted by atomic mass is 16.7. The second kappa shape index (κ2) is 5.85. The quantitative estimate of drug-likeness (QED) is 0.572. The summed E-state index contributed by atoms with van der Waals surface area (Å²) in [4.78, 5) is 0. The SMILES string of the molecule is Cc1ccccc1OC1OC(CO)[C@@H](O)C(O)[C@H]1O. The van der Waals surface area contributed by atoms with Gasteiger partial charge in [-0.2, -0.15) is 0 Å². The molecule has 106 valence electrons. The van der Waals surface area contributed by atoms with E-state index in [9.17, 15) is 15.3 Å². The first kappa shape index (κ1) is 14.2. The van der Waals surface area contributed by atoms with Crippen LogP contribution in [0.4, 0.5) is 0 Å². The van der Waals surface area contributed by atoms with Crippen LogP contribution < -0.4 is 4.74 Å². The number of hydrogen-bond acceptors (Lipinski definition) is 6. The van der Waals surface area contributed by atoms with Crippen molar-refractivity contribution >= 4 is 0 Å². The number of aliphatic hydroxyl groups is 4. The maximum absolute atomic E-state index is 9.83. The minimum Gasteiger partial charge on any atom is -0.462 e. The van der Waals surface area contributed by atoms with Gasteiger partial charge in [0.25, 0.3) is 0 Å². The van der Waals surface area contributed by atoms with Gasteiger partial charge in [-0.25, -0.2) is 0 Å². The van der Waals surface area contributed by atoms with E-state index in [-0.39, 0.29) is 0 Å². The van der Waals surface area contributed by atoms with Gasteiger partial charge < -0.3 is 29.9 Å². The molecule has 0 aromatic heterocycles. The van der Waals surface area contributed by atoms with E-state index >= 15 is 0 Å². The summed E-state index contributed by atoms with van der Waals surface area (Å²) in [5, 5.41) is 38.2. The van der Waals surface area contributed by atoms with Crippen LogP contribution in [0.15, 0.2) is 24.3 Å². The van der Waals surface area contributed by atoms with Crippen LogP contribution >= 0.6 is 0 Å². The van der Waals surface area contributed by atoms with Crippen LogP contribution in [0.5, 0.6) is 5.75 Å². The zero-order valence-electron chi connectivity index (χ0n) is 10.5. The fraction of sp³-hybridized carbons (Fsp3) is 0.538. The van der Waals surface area contributed by atoms with Gasteiger partial charge in [-0.05, 0) is 18.6 Å². The van der Waals surface area contributed by atoms with Crippen LogP contribution in [-0.2, 0) is 4.74 Å². The lowest BCUT2D eigenvalue weighted by atomic mass is 9.99. The molecule has 3 unspecified atom stereocenters. The van der Waals surface area contributed by atoms with E-state index in [0.29, 0.717) is 5.75 Å². The summed E-state index contributed by atoms with van der Waals surface area (Å²) >= 11 is 0. The summed E-state index contributed by atoms with van der Waals surface area (Å²) in [7, 11) is 0. The predicted octanol–water partition coefficient (Wildman–Crippen LogP) is -0.826. The maximum Gasteiger partial charge on any atom is 0.229 e. The predicted molar refractivity (Wildman–Crippen MR) is 65.6 cm³/mol. The molecule has 0 amide bonds. The van der Waals surface area contributed by atoms with E-state index in [4.69, 9.17) is 14.6 Å². The molecule has 1 aromatic carbocycles. The van der Waals surface area contributed by atoms with E-state index in [1.165, 1.54) is 0 Å². The second-order valence-electron chi connectivity index (χ2n) is 4.58. The highest BCUT2D eigenvalue weighted by Gasteiger charge is 2.44. The molecule has 2 rings (SSSR count). The Balaban J connectivity index is 2.13. The topological polar surface area (TPSA) is 99.4 Å². The lowest BCUT2D eigenvalue weighted by Gasteiger charge is -2.39. The molecule has 0 saturated carbocycles. The van der Waals surface area contributed by atoms with Crippen molar-refractivity contribution in [3.8, 4) is 5.75 Å². The van der Waals surface area contributed by atoms with Gasteiger partial charge in [0.15, 0.2) is 0 Å². The Labute approximate surface area is 110 Å². The van der Waals surface area contributed by atoms with Crippen molar-refractivity contribution in [2.24, 2.45) is 0 Å². The van der Waals surface area contributed by atoms with Gasteiger partial charge >= 0.3 is 0 Å². The summed E-state index contributed by atoms with van der Waals surface area (Å²) in [6, 6.07) is 7.15. The van der Waals surface area contributed by atoms with E-state index < -0.39 is 37.3 Å². The number of hydrogen-bond donors (Lipinski definition) is 4.